The van der Waals surface area contributed by atoms with Crippen LogP contribution in [0.4, 0.5) is 0 Å². The number of hydrogen-bond donors (Lipinski definition) is 2. The fourth-order valence-electron chi connectivity index (χ4n) is 7.43. The number of esters is 3. The van der Waals surface area contributed by atoms with Crippen LogP contribution in [0.1, 0.15) is 54.9 Å². The Hall–Kier alpha value is -2.52. The van der Waals surface area contributed by atoms with Gasteiger partial charge in [-0.05, 0) is 18.1 Å². The van der Waals surface area contributed by atoms with Crippen molar-refractivity contribution in [3.63, 3.8) is 0 Å². The molecule has 0 aliphatic heterocycles. The molecule has 35 heavy (non-hydrogen) atoms. The van der Waals surface area contributed by atoms with Crippen LogP contribution in [-0.2, 0) is 33.4 Å². The van der Waals surface area contributed by atoms with Gasteiger partial charge in [0.05, 0.1) is 5.60 Å². The molecule has 192 valence electrons. The molecule has 9 nitrogen and oxygen atoms in total. The maximum atomic E-state index is 13.2. The molecule has 8 atom stereocenters. The van der Waals surface area contributed by atoms with E-state index in [2.05, 4.69) is 0 Å². The highest BCUT2D eigenvalue weighted by Crippen LogP contribution is 2.77. The summed E-state index contributed by atoms with van der Waals surface area (Å²) in [6.07, 6.45) is 2.21. The fourth-order valence-corrected chi connectivity index (χ4v) is 7.43. The molecular formula is C26H34O9. The second kappa shape index (κ2) is 7.74. The van der Waals surface area contributed by atoms with Crippen LogP contribution in [-0.4, -0.2) is 63.4 Å². The summed E-state index contributed by atoms with van der Waals surface area (Å²) >= 11 is 0. The fraction of sp³-hybridized carbons (Fsp3) is 0.692. The van der Waals surface area contributed by atoms with Crippen molar-refractivity contribution in [2.24, 2.45) is 29.1 Å². The first-order valence-electron chi connectivity index (χ1n) is 11.9. The largest absolute Gasteiger partial charge is 0.461 e. The zero-order chi connectivity index (χ0) is 26.3. The zero-order valence-electron chi connectivity index (χ0n) is 21.2. The summed E-state index contributed by atoms with van der Waals surface area (Å²) in [6.45, 7) is 10.7. The normalized spacial score (nSPS) is 42.9. The average Bonchev–Trinajstić information content (AvgIpc) is 3.15. The molecule has 0 aromatic rings. The lowest BCUT2D eigenvalue weighted by molar-refractivity contribution is -0.227. The van der Waals surface area contributed by atoms with E-state index in [1.54, 1.807) is 26.0 Å². The van der Waals surface area contributed by atoms with Gasteiger partial charge in [0.2, 0.25) is 0 Å². The van der Waals surface area contributed by atoms with Crippen molar-refractivity contribution in [2.75, 3.05) is 6.61 Å². The van der Waals surface area contributed by atoms with Gasteiger partial charge < -0.3 is 24.4 Å². The van der Waals surface area contributed by atoms with E-state index < -0.39 is 75.7 Å². The summed E-state index contributed by atoms with van der Waals surface area (Å²) in [5, 5.41) is 24.3. The van der Waals surface area contributed by atoms with Gasteiger partial charge >= 0.3 is 17.9 Å². The van der Waals surface area contributed by atoms with Crippen LogP contribution in [0.3, 0.4) is 0 Å². The Bertz CT molecular complexity index is 1070. The van der Waals surface area contributed by atoms with E-state index in [1.807, 2.05) is 13.8 Å². The van der Waals surface area contributed by atoms with Gasteiger partial charge in [0.1, 0.15) is 18.3 Å². The van der Waals surface area contributed by atoms with Crippen LogP contribution in [0.15, 0.2) is 23.3 Å². The predicted molar refractivity (Wildman–Crippen MR) is 121 cm³/mol. The summed E-state index contributed by atoms with van der Waals surface area (Å²) in [5.74, 6) is -5.20. The number of carbonyl (C=O) groups excluding carboxylic acids is 4. The van der Waals surface area contributed by atoms with Crippen molar-refractivity contribution in [1.82, 2.24) is 0 Å². The van der Waals surface area contributed by atoms with E-state index in [-0.39, 0.29) is 13.0 Å². The summed E-state index contributed by atoms with van der Waals surface area (Å²) in [4.78, 5) is 49.1. The number of carbonyl (C=O) groups is 4. The van der Waals surface area contributed by atoms with Crippen LogP contribution in [0.2, 0.25) is 0 Å². The van der Waals surface area contributed by atoms with Crippen molar-refractivity contribution in [1.29, 1.82) is 0 Å². The molecule has 0 unspecified atom stereocenters. The lowest BCUT2D eigenvalue weighted by Gasteiger charge is -2.53. The van der Waals surface area contributed by atoms with Crippen molar-refractivity contribution < 1.29 is 43.6 Å². The minimum atomic E-state index is -1.96. The molecule has 0 aromatic heterocycles. The molecule has 0 radical (unpaired) electrons. The number of rotatable bonds is 4. The van der Waals surface area contributed by atoms with E-state index in [0.29, 0.717) is 11.1 Å². The smallest absolute Gasteiger partial charge is 0.303 e. The molecule has 4 rings (SSSR count). The van der Waals surface area contributed by atoms with Gasteiger partial charge in [0, 0.05) is 56.3 Å². The van der Waals surface area contributed by atoms with E-state index in [9.17, 15) is 29.4 Å². The molecule has 0 heterocycles. The molecule has 4 aliphatic carbocycles. The maximum Gasteiger partial charge on any atom is 0.303 e. The molecule has 2 fully saturated rings. The van der Waals surface area contributed by atoms with Gasteiger partial charge in [-0.2, -0.15) is 0 Å². The van der Waals surface area contributed by atoms with Gasteiger partial charge in [-0.25, -0.2) is 0 Å². The van der Waals surface area contributed by atoms with Crippen molar-refractivity contribution in [3.8, 4) is 0 Å². The van der Waals surface area contributed by atoms with E-state index in [4.69, 9.17) is 14.2 Å². The number of ether oxygens (including phenoxy) is 3. The van der Waals surface area contributed by atoms with Crippen LogP contribution < -0.4 is 0 Å². The maximum absolute atomic E-state index is 13.2. The number of aliphatic hydroxyl groups is 2. The molecule has 4 aliphatic rings. The molecule has 0 spiro atoms. The SMILES string of the molecule is CC(=O)OCC1=C[C@H]2[C@@H]3C(C)(C)[C@]3(OC(C)=O)[C@H](OC(C)=O)[C@@H](C)[C@]2(O)[C@H]2C=C(C)C(=O)[C@@]2(O)C1. The van der Waals surface area contributed by atoms with Crippen LogP contribution in [0.5, 0.6) is 0 Å². The summed E-state index contributed by atoms with van der Waals surface area (Å²) < 4.78 is 16.9. The first-order chi connectivity index (χ1) is 16.0. The van der Waals surface area contributed by atoms with E-state index in [0.717, 1.165) is 0 Å². The van der Waals surface area contributed by atoms with Crippen molar-refractivity contribution in [2.45, 2.75) is 77.8 Å². The molecule has 0 amide bonds. The van der Waals surface area contributed by atoms with Crippen LogP contribution in [0, 0.1) is 29.1 Å². The molecule has 2 N–H and O–H groups in total. The van der Waals surface area contributed by atoms with Crippen molar-refractivity contribution >= 4 is 23.7 Å². The monoisotopic (exact) mass is 490 g/mol. The Balaban J connectivity index is 1.95. The number of Topliss-reactive ketones (excluding diaryl/α,β-unsaturated/α-hetero) is 1. The van der Waals surface area contributed by atoms with Crippen LogP contribution >= 0.6 is 0 Å². The minimum Gasteiger partial charge on any atom is -0.461 e. The van der Waals surface area contributed by atoms with Gasteiger partial charge in [-0.15, -0.1) is 0 Å². The number of ketones is 1. The Morgan fingerprint density at radius 3 is 2.23 bits per heavy atom. The lowest BCUT2D eigenvalue weighted by Crippen LogP contribution is -2.66. The third-order valence-corrected chi connectivity index (χ3v) is 8.82. The van der Waals surface area contributed by atoms with Crippen molar-refractivity contribution in [3.05, 3.63) is 23.3 Å². The Kier molecular flexibility index (Phi) is 5.65. The highest BCUT2D eigenvalue weighted by atomic mass is 16.6. The number of hydrogen-bond acceptors (Lipinski definition) is 9. The zero-order valence-corrected chi connectivity index (χ0v) is 21.2. The van der Waals surface area contributed by atoms with E-state index in [1.165, 1.54) is 20.8 Å². The second-order valence-electron chi connectivity index (χ2n) is 11.2. The third kappa shape index (κ3) is 3.27. The quantitative estimate of drug-likeness (QED) is 0.342. The topological polar surface area (TPSA) is 136 Å². The van der Waals surface area contributed by atoms with Gasteiger partial charge in [0.25, 0.3) is 0 Å². The first kappa shape index (κ1) is 25.6. The minimum absolute atomic E-state index is 0.130. The van der Waals surface area contributed by atoms with Gasteiger partial charge in [-0.3, -0.25) is 19.2 Å². The van der Waals surface area contributed by atoms with Gasteiger partial charge in [-0.1, -0.05) is 32.9 Å². The average molecular weight is 491 g/mol. The van der Waals surface area contributed by atoms with Gasteiger partial charge in [0.15, 0.2) is 11.4 Å². The highest BCUT2D eigenvalue weighted by Gasteiger charge is 2.87. The lowest BCUT2D eigenvalue weighted by atomic mass is 9.59. The predicted octanol–water partition coefficient (Wildman–Crippen LogP) is 1.64. The highest BCUT2D eigenvalue weighted by molar-refractivity contribution is 6.04. The summed E-state index contributed by atoms with van der Waals surface area (Å²) in [7, 11) is 0. The van der Waals surface area contributed by atoms with Crippen LogP contribution in [0.25, 0.3) is 0 Å². The first-order valence-corrected chi connectivity index (χ1v) is 11.9. The molecule has 9 heteroatoms. The molecule has 0 bridgehead atoms. The second-order valence-corrected chi connectivity index (χ2v) is 11.2. The molecule has 0 aromatic carbocycles. The molecule has 2 saturated carbocycles. The standard InChI is InChI=1S/C26H34O9/c1-12-8-19-24(31,21(12)30)10-17(11-33-14(3)27)9-18-20-23(6,7)26(20,35-16(5)29)22(34-15(4)28)13(2)25(18,19)32/h8-9,13,18-20,22,31-32H,10-11H2,1-7H3/t13-,18+,19+,20-,22-,24-,25-,26-/m1/s1. The molecule has 0 saturated heterocycles. The Morgan fingerprint density at radius 2 is 1.69 bits per heavy atom. The molecular weight excluding hydrogens is 456 g/mol. The Morgan fingerprint density at radius 1 is 1.06 bits per heavy atom. The number of fused-ring (bicyclic) bond motifs is 5. The van der Waals surface area contributed by atoms with E-state index >= 15 is 0 Å². The third-order valence-electron chi connectivity index (χ3n) is 8.82. The summed E-state index contributed by atoms with van der Waals surface area (Å²) in [5.41, 5.74) is -4.82. The Labute approximate surface area is 204 Å². The summed E-state index contributed by atoms with van der Waals surface area (Å²) in [6, 6.07) is 0.